The van der Waals surface area contributed by atoms with Crippen LogP contribution in [0.2, 0.25) is 0 Å². The number of amides is 1. The summed E-state index contributed by atoms with van der Waals surface area (Å²) in [6.07, 6.45) is -0.289. The zero-order chi connectivity index (χ0) is 13.4. The molecule has 1 fully saturated rings. The smallest absolute Gasteiger partial charge is 0.336 e. The average molecular weight is 259 g/mol. The maximum absolute atomic E-state index is 11.6. The third-order valence-corrected chi connectivity index (χ3v) is 2.77. The van der Waals surface area contributed by atoms with Crippen LogP contribution in [0.15, 0.2) is 0 Å². The van der Waals surface area contributed by atoms with Gasteiger partial charge in [-0.2, -0.15) is 0 Å². The Hall–Kier alpha value is -1.18. The van der Waals surface area contributed by atoms with Gasteiger partial charge in [-0.15, -0.1) is 0 Å². The third-order valence-electron chi connectivity index (χ3n) is 2.77. The van der Waals surface area contributed by atoms with Crippen LogP contribution in [0.25, 0.3) is 0 Å². The standard InChI is InChI=1S/C11H21N3O4/c1-18-11(17)9(15)7-13-10(16)8-14-5-2-3-12-4-6-14/h9,12,15H,2-8H2,1H3,(H,13,16). The van der Waals surface area contributed by atoms with E-state index in [-0.39, 0.29) is 19.0 Å². The number of ether oxygens (including phenoxy) is 1. The lowest BCUT2D eigenvalue weighted by molar-refractivity contribution is -0.150. The van der Waals surface area contributed by atoms with Crippen molar-refractivity contribution in [3.63, 3.8) is 0 Å². The van der Waals surface area contributed by atoms with Gasteiger partial charge in [0.05, 0.1) is 20.2 Å². The minimum atomic E-state index is -1.30. The van der Waals surface area contributed by atoms with Crippen molar-refractivity contribution in [2.75, 3.05) is 46.4 Å². The molecule has 0 aromatic rings. The highest BCUT2D eigenvalue weighted by Crippen LogP contribution is 1.94. The number of carbonyl (C=O) groups excluding carboxylic acids is 2. The molecule has 1 atom stereocenters. The van der Waals surface area contributed by atoms with Gasteiger partial charge < -0.3 is 20.5 Å². The first-order valence-electron chi connectivity index (χ1n) is 6.09. The Morgan fingerprint density at radius 2 is 2.22 bits per heavy atom. The fourth-order valence-electron chi connectivity index (χ4n) is 1.75. The van der Waals surface area contributed by atoms with Gasteiger partial charge in [-0.05, 0) is 19.5 Å². The van der Waals surface area contributed by atoms with Crippen molar-refractivity contribution in [1.29, 1.82) is 0 Å². The molecule has 104 valence electrons. The van der Waals surface area contributed by atoms with Crippen molar-refractivity contribution in [1.82, 2.24) is 15.5 Å². The molecule has 1 unspecified atom stereocenters. The summed E-state index contributed by atoms with van der Waals surface area (Å²) in [6, 6.07) is 0. The summed E-state index contributed by atoms with van der Waals surface area (Å²) in [5.41, 5.74) is 0. The van der Waals surface area contributed by atoms with E-state index >= 15 is 0 Å². The van der Waals surface area contributed by atoms with Crippen LogP contribution in [0.3, 0.4) is 0 Å². The Labute approximate surface area is 106 Å². The van der Waals surface area contributed by atoms with Crippen LogP contribution >= 0.6 is 0 Å². The van der Waals surface area contributed by atoms with Crippen molar-refractivity contribution in [3.05, 3.63) is 0 Å². The van der Waals surface area contributed by atoms with Crippen molar-refractivity contribution >= 4 is 11.9 Å². The summed E-state index contributed by atoms with van der Waals surface area (Å²) in [7, 11) is 1.19. The second kappa shape index (κ2) is 8.02. The quantitative estimate of drug-likeness (QED) is 0.492. The molecule has 1 heterocycles. The van der Waals surface area contributed by atoms with Gasteiger partial charge in [-0.25, -0.2) is 4.79 Å². The van der Waals surface area contributed by atoms with Crippen molar-refractivity contribution in [2.24, 2.45) is 0 Å². The molecular formula is C11H21N3O4. The molecule has 7 heteroatoms. The Balaban J connectivity index is 2.22. The van der Waals surface area contributed by atoms with Gasteiger partial charge in [0, 0.05) is 13.1 Å². The fraction of sp³-hybridized carbons (Fsp3) is 0.818. The number of esters is 1. The van der Waals surface area contributed by atoms with E-state index in [0.717, 1.165) is 32.6 Å². The minimum Gasteiger partial charge on any atom is -0.467 e. The molecule has 0 aliphatic carbocycles. The average Bonchev–Trinajstić information content (AvgIpc) is 2.63. The molecular weight excluding hydrogens is 238 g/mol. The molecule has 1 aliphatic heterocycles. The molecule has 1 rings (SSSR count). The highest BCUT2D eigenvalue weighted by Gasteiger charge is 2.17. The third kappa shape index (κ3) is 5.44. The van der Waals surface area contributed by atoms with Gasteiger partial charge in [0.25, 0.3) is 0 Å². The zero-order valence-corrected chi connectivity index (χ0v) is 10.6. The van der Waals surface area contributed by atoms with Crippen LogP contribution in [0, 0.1) is 0 Å². The monoisotopic (exact) mass is 259 g/mol. The zero-order valence-electron chi connectivity index (χ0n) is 10.6. The predicted octanol–water partition coefficient (Wildman–Crippen LogP) is -2.07. The van der Waals surface area contributed by atoms with Gasteiger partial charge in [-0.1, -0.05) is 0 Å². The Morgan fingerprint density at radius 1 is 1.44 bits per heavy atom. The number of nitrogens with zero attached hydrogens (tertiary/aromatic N) is 1. The van der Waals surface area contributed by atoms with Crippen LogP contribution in [0.1, 0.15) is 6.42 Å². The molecule has 1 aliphatic rings. The Bertz CT molecular complexity index is 277. The molecule has 0 aromatic carbocycles. The number of nitrogens with one attached hydrogen (secondary N) is 2. The molecule has 3 N–H and O–H groups in total. The second-order valence-electron chi connectivity index (χ2n) is 4.22. The van der Waals surface area contributed by atoms with Crippen LogP contribution < -0.4 is 10.6 Å². The Morgan fingerprint density at radius 3 is 2.94 bits per heavy atom. The van der Waals surface area contributed by atoms with Crippen LogP contribution in [0.4, 0.5) is 0 Å². The lowest BCUT2D eigenvalue weighted by Gasteiger charge is -2.19. The molecule has 18 heavy (non-hydrogen) atoms. The number of carbonyl (C=O) groups is 2. The Kier molecular flexibility index (Phi) is 6.63. The molecule has 1 amide bonds. The van der Waals surface area contributed by atoms with Gasteiger partial charge in [0.2, 0.25) is 5.91 Å². The first kappa shape index (κ1) is 14.9. The lowest BCUT2D eigenvalue weighted by Crippen LogP contribution is -2.43. The number of rotatable bonds is 5. The molecule has 0 saturated carbocycles. The summed E-state index contributed by atoms with van der Waals surface area (Å²) in [6.45, 7) is 3.72. The normalized spacial score (nSPS) is 18.8. The molecule has 0 radical (unpaired) electrons. The van der Waals surface area contributed by atoms with Gasteiger partial charge >= 0.3 is 5.97 Å². The first-order valence-corrected chi connectivity index (χ1v) is 6.09. The highest BCUT2D eigenvalue weighted by molar-refractivity contribution is 5.80. The van der Waals surface area contributed by atoms with E-state index in [2.05, 4.69) is 15.4 Å². The summed E-state index contributed by atoms with van der Waals surface area (Å²) in [5, 5.41) is 15.1. The molecule has 7 nitrogen and oxygen atoms in total. The van der Waals surface area contributed by atoms with Crippen LogP contribution in [-0.4, -0.2) is 74.4 Å². The van der Waals surface area contributed by atoms with Crippen LogP contribution in [0.5, 0.6) is 0 Å². The van der Waals surface area contributed by atoms with E-state index in [1.165, 1.54) is 7.11 Å². The molecule has 0 aromatic heterocycles. The first-order chi connectivity index (χ1) is 8.63. The van der Waals surface area contributed by atoms with E-state index in [4.69, 9.17) is 0 Å². The lowest BCUT2D eigenvalue weighted by atomic mass is 10.3. The maximum atomic E-state index is 11.6. The fourth-order valence-corrected chi connectivity index (χ4v) is 1.75. The topological polar surface area (TPSA) is 90.9 Å². The number of aliphatic hydroxyl groups is 1. The largest absolute Gasteiger partial charge is 0.467 e. The SMILES string of the molecule is COC(=O)C(O)CNC(=O)CN1CCCNCC1. The molecule has 0 spiro atoms. The minimum absolute atomic E-state index is 0.113. The number of hydrogen-bond donors (Lipinski definition) is 3. The van der Waals surface area contributed by atoms with E-state index in [0.29, 0.717) is 0 Å². The molecule has 1 saturated heterocycles. The van der Waals surface area contributed by atoms with E-state index in [1.54, 1.807) is 0 Å². The van der Waals surface area contributed by atoms with Crippen molar-refractivity contribution < 1.29 is 19.4 Å². The molecule has 0 bridgehead atoms. The predicted molar refractivity (Wildman–Crippen MR) is 65.0 cm³/mol. The summed E-state index contributed by atoms with van der Waals surface area (Å²) in [5.74, 6) is -0.936. The summed E-state index contributed by atoms with van der Waals surface area (Å²) in [4.78, 5) is 24.6. The van der Waals surface area contributed by atoms with Gasteiger partial charge in [0.15, 0.2) is 6.10 Å². The van der Waals surface area contributed by atoms with Crippen molar-refractivity contribution in [2.45, 2.75) is 12.5 Å². The maximum Gasteiger partial charge on any atom is 0.336 e. The van der Waals surface area contributed by atoms with E-state index in [9.17, 15) is 14.7 Å². The van der Waals surface area contributed by atoms with Gasteiger partial charge in [-0.3, -0.25) is 9.69 Å². The van der Waals surface area contributed by atoms with E-state index < -0.39 is 12.1 Å². The summed E-state index contributed by atoms with van der Waals surface area (Å²) < 4.78 is 4.35. The summed E-state index contributed by atoms with van der Waals surface area (Å²) >= 11 is 0. The number of hydrogen-bond acceptors (Lipinski definition) is 6. The number of methoxy groups -OCH3 is 1. The van der Waals surface area contributed by atoms with E-state index in [1.807, 2.05) is 4.90 Å². The highest BCUT2D eigenvalue weighted by atomic mass is 16.5. The number of aliphatic hydroxyl groups excluding tert-OH is 1. The van der Waals surface area contributed by atoms with Crippen LogP contribution in [-0.2, 0) is 14.3 Å². The second-order valence-corrected chi connectivity index (χ2v) is 4.22. The van der Waals surface area contributed by atoms with Crippen molar-refractivity contribution in [3.8, 4) is 0 Å². The van der Waals surface area contributed by atoms with Gasteiger partial charge in [0.1, 0.15) is 0 Å².